The fourth-order valence-corrected chi connectivity index (χ4v) is 4.53. The van der Waals surface area contributed by atoms with Gasteiger partial charge in [-0.15, -0.1) is 11.3 Å². The molecule has 180 valence electrons. The summed E-state index contributed by atoms with van der Waals surface area (Å²) >= 11 is 1.14. The monoisotopic (exact) mass is 494 g/mol. The summed E-state index contributed by atoms with van der Waals surface area (Å²) in [5, 5.41) is 7.36. The molecule has 10 heteroatoms. The van der Waals surface area contributed by atoms with Crippen LogP contribution in [0.5, 0.6) is 0 Å². The molecule has 1 aromatic carbocycles. The number of methoxy groups -OCH3 is 1. The molecule has 35 heavy (non-hydrogen) atoms. The molecule has 1 atom stereocenters. The Kier molecular flexibility index (Phi) is 7.33. The number of hydrogen-bond acceptors (Lipinski definition) is 8. The Morgan fingerprint density at radius 1 is 1.29 bits per heavy atom. The number of carbonyl (C=O) groups excluding carboxylic acids is 2. The van der Waals surface area contributed by atoms with E-state index in [1.165, 1.54) is 37.7 Å². The van der Waals surface area contributed by atoms with Crippen molar-refractivity contribution in [3.63, 3.8) is 0 Å². The van der Waals surface area contributed by atoms with Gasteiger partial charge in [0.25, 0.3) is 0 Å². The Balaban J connectivity index is 1.57. The number of halogens is 1. The molecule has 0 aliphatic rings. The van der Waals surface area contributed by atoms with E-state index in [4.69, 9.17) is 14.2 Å². The molecule has 0 bridgehead atoms. The third kappa shape index (κ3) is 5.61. The quantitative estimate of drug-likeness (QED) is 0.270. The van der Waals surface area contributed by atoms with Gasteiger partial charge >= 0.3 is 5.97 Å². The van der Waals surface area contributed by atoms with E-state index in [-0.39, 0.29) is 10.9 Å². The number of nitrogens with zero attached hydrogens (tertiary/aromatic N) is 3. The lowest BCUT2D eigenvalue weighted by molar-refractivity contribution is -0.111. The van der Waals surface area contributed by atoms with Gasteiger partial charge in [-0.3, -0.25) is 9.69 Å². The van der Waals surface area contributed by atoms with Crippen molar-refractivity contribution in [1.29, 1.82) is 0 Å². The van der Waals surface area contributed by atoms with Crippen LogP contribution in [0.3, 0.4) is 0 Å². The van der Waals surface area contributed by atoms with E-state index in [9.17, 15) is 14.0 Å². The fraction of sp³-hybridized carbons (Fsp3) is 0.200. The van der Waals surface area contributed by atoms with Crippen molar-refractivity contribution in [2.24, 2.45) is 0 Å². The predicted octanol–water partition coefficient (Wildman–Crippen LogP) is 5.05. The minimum Gasteiger partial charge on any atom is -0.465 e. The van der Waals surface area contributed by atoms with Crippen LogP contribution >= 0.6 is 11.3 Å². The topological polar surface area (TPSA) is 97.6 Å². The van der Waals surface area contributed by atoms with E-state index in [1.807, 2.05) is 32.2 Å². The molecule has 1 unspecified atom stereocenters. The molecule has 0 saturated carbocycles. The first kappa shape index (κ1) is 24.2. The second-order valence-electron chi connectivity index (χ2n) is 7.85. The van der Waals surface area contributed by atoms with E-state index < -0.39 is 17.7 Å². The van der Waals surface area contributed by atoms with Gasteiger partial charge < -0.3 is 14.6 Å². The summed E-state index contributed by atoms with van der Waals surface area (Å²) in [5.41, 5.74) is 2.47. The number of anilines is 1. The maximum absolute atomic E-state index is 13.4. The molecule has 1 amide bonds. The summed E-state index contributed by atoms with van der Waals surface area (Å²) in [6.45, 7) is 2.55. The predicted molar refractivity (Wildman–Crippen MR) is 131 cm³/mol. The first-order valence-corrected chi connectivity index (χ1v) is 11.5. The Hall–Kier alpha value is -3.89. The van der Waals surface area contributed by atoms with Crippen molar-refractivity contribution in [1.82, 2.24) is 15.0 Å². The Bertz CT molecular complexity index is 1380. The van der Waals surface area contributed by atoms with Crippen LogP contribution in [0.1, 0.15) is 39.6 Å². The number of ether oxygens (including phenoxy) is 1. The minimum atomic E-state index is -0.573. The highest BCUT2D eigenvalue weighted by molar-refractivity contribution is 7.21. The highest BCUT2D eigenvalue weighted by atomic mass is 32.1. The SMILES string of the molecule is COC(=O)c1sc2nc(CN(C)C(C)c3ccon3)ccc2c1NC(=O)/C=C/c1cccc(F)c1. The first-order chi connectivity index (χ1) is 16.9. The second-order valence-corrected chi connectivity index (χ2v) is 8.85. The zero-order valence-corrected chi connectivity index (χ0v) is 20.1. The number of amides is 1. The van der Waals surface area contributed by atoms with Gasteiger partial charge in [0, 0.05) is 24.1 Å². The van der Waals surface area contributed by atoms with E-state index in [0.717, 1.165) is 22.7 Å². The average molecular weight is 495 g/mol. The Labute approximate surface area is 205 Å². The third-order valence-corrected chi connectivity index (χ3v) is 6.55. The van der Waals surface area contributed by atoms with Crippen LogP contribution in [0.25, 0.3) is 16.3 Å². The summed E-state index contributed by atoms with van der Waals surface area (Å²) in [7, 11) is 3.23. The number of pyridine rings is 1. The molecule has 4 rings (SSSR count). The lowest BCUT2D eigenvalue weighted by Crippen LogP contribution is -2.22. The number of rotatable bonds is 8. The van der Waals surface area contributed by atoms with Crippen molar-refractivity contribution in [2.45, 2.75) is 19.5 Å². The van der Waals surface area contributed by atoms with Crippen molar-refractivity contribution in [2.75, 3.05) is 19.5 Å². The normalized spacial score (nSPS) is 12.4. The first-order valence-electron chi connectivity index (χ1n) is 10.7. The number of hydrogen-bond donors (Lipinski definition) is 1. The van der Waals surface area contributed by atoms with Crippen LogP contribution in [0, 0.1) is 5.82 Å². The highest BCUT2D eigenvalue weighted by Crippen LogP contribution is 2.36. The molecule has 3 heterocycles. The van der Waals surface area contributed by atoms with Gasteiger partial charge in [0.2, 0.25) is 5.91 Å². The van der Waals surface area contributed by atoms with E-state index in [0.29, 0.717) is 28.0 Å². The number of aromatic nitrogens is 2. The second kappa shape index (κ2) is 10.6. The number of thiophene rings is 1. The van der Waals surface area contributed by atoms with Gasteiger partial charge in [0.1, 0.15) is 27.5 Å². The molecular formula is C25H23FN4O4S. The number of esters is 1. The maximum atomic E-state index is 13.4. The van der Waals surface area contributed by atoms with Crippen LogP contribution in [-0.2, 0) is 16.1 Å². The zero-order valence-electron chi connectivity index (χ0n) is 19.3. The van der Waals surface area contributed by atoms with Crippen LogP contribution in [0.15, 0.2) is 59.3 Å². The van der Waals surface area contributed by atoms with Crippen LogP contribution < -0.4 is 5.32 Å². The summed E-state index contributed by atoms with van der Waals surface area (Å²) in [6.07, 6.45) is 4.31. The molecule has 4 aromatic rings. The van der Waals surface area contributed by atoms with Crippen molar-refractivity contribution >= 4 is 45.2 Å². The van der Waals surface area contributed by atoms with Gasteiger partial charge in [-0.25, -0.2) is 14.2 Å². The molecule has 1 N–H and O–H groups in total. The molecule has 0 saturated heterocycles. The van der Waals surface area contributed by atoms with E-state index in [2.05, 4.69) is 15.4 Å². The number of nitrogens with one attached hydrogen (secondary N) is 1. The van der Waals surface area contributed by atoms with Gasteiger partial charge in [-0.1, -0.05) is 17.3 Å². The van der Waals surface area contributed by atoms with Crippen LogP contribution in [0.4, 0.5) is 10.1 Å². The zero-order chi connectivity index (χ0) is 24.9. The molecule has 0 fully saturated rings. The Morgan fingerprint density at radius 2 is 2.11 bits per heavy atom. The smallest absolute Gasteiger partial charge is 0.350 e. The Morgan fingerprint density at radius 3 is 2.83 bits per heavy atom. The lowest BCUT2D eigenvalue weighted by Gasteiger charge is -2.22. The van der Waals surface area contributed by atoms with Crippen molar-refractivity contribution in [3.8, 4) is 0 Å². The summed E-state index contributed by atoms with van der Waals surface area (Å²) in [6, 6.07) is 11.4. The van der Waals surface area contributed by atoms with E-state index in [1.54, 1.807) is 12.1 Å². The molecule has 0 radical (unpaired) electrons. The molecular weight excluding hydrogens is 471 g/mol. The molecule has 0 aliphatic heterocycles. The summed E-state index contributed by atoms with van der Waals surface area (Å²) in [5.74, 6) is -1.44. The third-order valence-electron chi connectivity index (χ3n) is 5.47. The van der Waals surface area contributed by atoms with Gasteiger partial charge in [-0.2, -0.15) is 0 Å². The summed E-state index contributed by atoms with van der Waals surface area (Å²) in [4.78, 5) is 32.6. The largest absolute Gasteiger partial charge is 0.465 e. The number of carbonyl (C=O) groups is 2. The van der Waals surface area contributed by atoms with E-state index >= 15 is 0 Å². The number of benzene rings is 1. The van der Waals surface area contributed by atoms with Gasteiger partial charge in [0.15, 0.2) is 0 Å². The van der Waals surface area contributed by atoms with Gasteiger partial charge in [-0.05, 0) is 49.9 Å². The fourth-order valence-electron chi connectivity index (χ4n) is 3.47. The van der Waals surface area contributed by atoms with Crippen LogP contribution in [0.2, 0.25) is 0 Å². The lowest BCUT2D eigenvalue weighted by atomic mass is 10.2. The minimum absolute atomic E-state index is 0.0138. The van der Waals surface area contributed by atoms with Crippen LogP contribution in [-0.4, -0.2) is 41.1 Å². The molecule has 8 nitrogen and oxygen atoms in total. The number of fused-ring (bicyclic) bond motifs is 1. The molecule has 0 aliphatic carbocycles. The maximum Gasteiger partial charge on any atom is 0.350 e. The molecule has 0 spiro atoms. The van der Waals surface area contributed by atoms with Crippen molar-refractivity contribution < 1.29 is 23.2 Å². The molecule has 3 aromatic heterocycles. The average Bonchev–Trinajstić information content (AvgIpc) is 3.50. The highest BCUT2D eigenvalue weighted by Gasteiger charge is 2.22. The summed E-state index contributed by atoms with van der Waals surface area (Å²) < 4.78 is 23.2. The van der Waals surface area contributed by atoms with Gasteiger partial charge in [0.05, 0.1) is 24.5 Å². The van der Waals surface area contributed by atoms with Crippen molar-refractivity contribution in [3.05, 3.63) is 82.4 Å². The standard InChI is InChI=1S/C25H23FN4O4S/c1-15(20-11-12-34-29-20)30(2)14-18-8-9-19-22(23(25(32)33-3)35-24(19)27-18)28-21(31)10-7-16-5-4-6-17(26)13-16/h4-13,15H,14H2,1-3H3,(H,28,31)/b10-7+.